The van der Waals surface area contributed by atoms with Gasteiger partial charge >= 0.3 is 0 Å². The molecule has 2 aromatic rings. The number of carbonyl (C=O) groups excluding carboxylic acids is 2. The van der Waals surface area contributed by atoms with E-state index >= 15 is 0 Å². The molecule has 0 spiro atoms. The van der Waals surface area contributed by atoms with Gasteiger partial charge < -0.3 is 10.2 Å². The van der Waals surface area contributed by atoms with Gasteiger partial charge in [-0.05, 0) is 25.5 Å². The monoisotopic (exact) mass is 388 g/mol. The van der Waals surface area contributed by atoms with E-state index in [1.807, 2.05) is 12.1 Å². The summed E-state index contributed by atoms with van der Waals surface area (Å²) in [6.07, 6.45) is 6.86. The Kier molecular flexibility index (Phi) is 8.07. The minimum absolute atomic E-state index is 0.0952. The van der Waals surface area contributed by atoms with Gasteiger partial charge in [0, 0.05) is 11.1 Å². The summed E-state index contributed by atoms with van der Waals surface area (Å²) in [5, 5.41) is 20.8. The van der Waals surface area contributed by atoms with Gasteiger partial charge in [-0.15, -0.1) is 0 Å². The molecule has 0 amide bonds. The highest BCUT2D eigenvalue weighted by Gasteiger charge is 2.16. The minimum atomic E-state index is -1.02. The van der Waals surface area contributed by atoms with E-state index in [4.69, 9.17) is 0 Å². The lowest BCUT2D eigenvalue weighted by Gasteiger charge is -2.12. The van der Waals surface area contributed by atoms with Gasteiger partial charge in [0.2, 0.25) is 0 Å². The topological polar surface area (TPSA) is 74.6 Å². The van der Waals surface area contributed by atoms with Gasteiger partial charge in [-0.2, -0.15) is 0 Å². The van der Waals surface area contributed by atoms with Crippen LogP contribution >= 0.6 is 0 Å². The third-order valence-electron chi connectivity index (χ3n) is 4.26. The van der Waals surface area contributed by atoms with Crippen molar-refractivity contribution in [3.05, 3.63) is 113 Å². The fourth-order valence-corrected chi connectivity index (χ4v) is 2.71. The predicted octanol–water partition coefficient (Wildman–Crippen LogP) is 4.91. The molecule has 2 rings (SSSR count). The lowest BCUT2D eigenvalue weighted by Crippen LogP contribution is -2.08. The molecule has 0 aliphatic carbocycles. The Bertz CT molecular complexity index is 964. The zero-order chi connectivity index (χ0) is 21.2. The Morgan fingerprint density at radius 3 is 1.97 bits per heavy atom. The number of Topliss-reactive ketones (excluding diaryl/α,β-unsaturated/α-hetero) is 2. The van der Waals surface area contributed by atoms with Crippen LogP contribution in [0.2, 0.25) is 0 Å². The van der Waals surface area contributed by atoms with Crippen molar-refractivity contribution in [2.75, 3.05) is 0 Å². The Morgan fingerprint density at radius 2 is 1.41 bits per heavy atom. The first kappa shape index (κ1) is 21.8. The van der Waals surface area contributed by atoms with Crippen LogP contribution in [0.1, 0.15) is 31.1 Å². The molecule has 0 aromatic heterocycles. The maximum absolute atomic E-state index is 11.9. The van der Waals surface area contributed by atoms with E-state index in [0.717, 1.165) is 0 Å². The molecule has 0 saturated heterocycles. The van der Waals surface area contributed by atoms with Crippen LogP contribution in [0.5, 0.6) is 0 Å². The maximum atomic E-state index is 11.9. The molecule has 0 fully saturated rings. The molecule has 0 bridgehead atoms. The van der Waals surface area contributed by atoms with E-state index in [0.29, 0.717) is 11.1 Å². The smallest absolute Gasteiger partial charge is 0.163 e. The molecule has 2 aromatic carbocycles. The van der Waals surface area contributed by atoms with Gasteiger partial charge in [0.1, 0.15) is 11.9 Å². The van der Waals surface area contributed by atoms with E-state index in [-0.39, 0.29) is 28.5 Å². The molecule has 0 radical (unpaired) electrons. The molecule has 0 saturated carbocycles. The van der Waals surface area contributed by atoms with Crippen molar-refractivity contribution < 1.29 is 19.8 Å². The highest BCUT2D eigenvalue weighted by molar-refractivity contribution is 6.02. The maximum Gasteiger partial charge on any atom is 0.163 e. The van der Waals surface area contributed by atoms with E-state index in [9.17, 15) is 19.8 Å². The first-order valence-corrected chi connectivity index (χ1v) is 9.20. The highest BCUT2D eigenvalue weighted by Crippen LogP contribution is 2.22. The second kappa shape index (κ2) is 10.7. The fraction of sp³-hybridized carbons (Fsp3) is 0.120. The predicted molar refractivity (Wildman–Crippen MR) is 115 cm³/mol. The number of ketones is 2. The second-order valence-electron chi connectivity index (χ2n) is 6.42. The van der Waals surface area contributed by atoms with Gasteiger partial charge in [-0.3, -0.25) is 9.59 Å². The summed E-state index contributed by atoms with van der Waals surface area (Å²) in [6.45, 7) is 2.78. The van der Waals surface area contributed by atoms with Crippen LogP contribution in [-0.4, -0.2) is 21.8 Å². The standard InChI is InChI=1S/C25H24O4/c1-18(26)22(24(28)20-12-6-3-7-13-20)16-10-5-11-17-23(19(2)27)25(29)21-14-8-4-9-15-21/h3-17,24,28-29H,1-2H3/b10-5+,17-11+,22-16+,25-23+. The van der Waals surface area contributed by atoms with Crippen molar-refractivity contribution in [2.24, 2.45) is 0 Å². The van der Waals surface area contributed by atoms with Crippen molar-refractivity contribution in [1.29, 1.82) is 0 Å². The lowest BCUT2D eigenvalue weighted by atomic mass is 9.98. The summed E-state index contributed by atoms with van der Waals surface area (Å²) in [7, 11) is 0. The molecular weight excluding hydrogens is 364 g/mol. The lowest BCUT2D eigenvalue weighted by molar-refractivity contribution is -0.115. The van der Waals surface area contributed by atoms with Gasteiger partial charge in [0.15, 0.2) is 11.6 Å². The summed E-state index contributed by atoms with van der Waals surface area (Å²) < 4.78 is 0. The Balaban J connectivity index is 2.21. The van der Waals surface area contributed by atoms with Crippen molar-refractivity contribution in [3.63, 3.8) is 0 Å². The third-order valence-corrected chi connectivity index (χ3v) is 4.26. The zero-order valence-electron chi connectivity index (χ0n) is 16.4. The van der Waals surface area contributed by atoms with Crippen LogP contribution in [0.4, 0.5) is 0 Å². The molecule has 0 heterocycles. The molecule has 2 N–H and O–H groups in total. The van der Waals surface area contributed by atoms with Crippen molar-refractivity contribution in [1.82, 2.24) is 0 Å². The SMILES string of the molecule is CC(=O)\C(=C/C=C/C=C/C(C(C)=O)=C(\O)c1ccccc1)C(O)c1ccccc1. The number of hydrogen-bond donors (Lipinski definition) is 2. The molecule has 1 atom stereocenters. The van der Waals surface area contributed by atoms with Crippen LogP contribution in [0.3, 0.4) is 0 Å². The second-order valence-corrected chi connectivity index (χ2v) is 6.42. The van der Waals surface area contributed by atoms with Crippen LogP contribution in [0, 0.1) is 0 Å². The van der Waals surface area contributed by atoms with Gasteiger partial charge in [-0.25, -0.2) is 0 Å². The van der Waals surface area contributed by atoms with Crippen molar-refractivity contribution in [3.8, 4) is 0 Å². The summed E-state index contributed by atoms with van der Waals surface area (Å²) in [4.78, 5) is 23.8. The molecule has 29 heavy (non-hydrogen) atoms. The molecule has 0 aliphatic heterocycles. The van der Waals surface area contributed by atoms with E-state index in [1.54, 1.807) is 72.8 Å². The van der Waals surface area contributed by atoms with Gasteiger partial charge in [0.25, 0.3) is 0 Å². The van der Waals surface area contributed by atoms with E-state index in [1.165, 1.54) is 19.9 Å². The molecular formula is C25H24O4. The molecule has 1 unspecified atom stereocenters. The molecule has 4 nitrogen and oxygen atoms in total. The van der Waals surface area contributed by atoms with Crippen LogP contribution in [-0.2, 0) is 9.59 Å². The summed E-state index contributed by atoms with van der Waals surface area (Å²) >= 11 is 0. The van der Waals surface area contributed by atoms with Gasteiger partial charge in [0.05, 0.1) is 5.57 Å². The number of aliphatic hydroxyl groups is 2. The first-order chi connectivity index (χ1) is 13.9. The summed E-state index contributed by atoms with van der Waals surface area (Å²) in [5.74, 6) is -0.598. The zero-order valence-corrected chi connectivity index (χ0v) is 16.4. The van der Waals surface area contributed by atoms with E-state index < -0.39 is 6.10 Å². The average molecular weight is 388 g/mol. The number of aliphatic hydroxyl groups excluding tert-OH is 2. The number of allylic oxidation sites excluding steroid dienone is 6. The largest absolute Gasteiger partial charge is 0.507 e. The number of benzene rings is 2. The average Bonchev–Trinajstić information content (AvgIpc) is 2.73. The third kappa shape index (κ3) is 6.26. The number of rotatable bonds is 8. The van der Waals surface area contributed by atoms with Crippen LogP contribution in [0.15, 0.2) is 102 Å². The Hall–Kier alpha value is -3.50. The molecule has 148 valence electrons. The molecule has 4 heteroatoms. The van der Waals surface area contributed by atoms with Crippen LogP contribution < -0.4 is 0 Å². The minimum Gasteiger partial charge on any atom is -0.507 e. The van der Waals surface area contributed by atoms with Crippen LogP contribution in [0.25, 0.3) is 5.76 Å². The van der Waals surface area contributed by atoms with Crippen molar-refractivity contribution in [2.45, 2.75) is 20.0 Å². The number of hydrogen-bond acceptors (Lipinski definition) is 4. The Morgan fingerprint density at radius 1 is 0.828 bits per heavy atom. The van der Waals surface area contributed by atoms with Gasteiger partial charge in [-0.1, -0.05) is 85.0 Å². The molecule has 0 aliphatic rings. The summed E-state index contributed by atoms with van der Waals surface area (Å²) in [6, 6.07) is 17.7. The first-order valence-electron chi connectivity index (χ1n) is 9.20. The summed E-state index contributed by atoms with van der Waals surface area (Å²) in [5.41, 5.74) is 1.62. The Labute approximate surface area is 170 Å². The normalized spacial score (nSPS) is 14.1. The quantitative estimate of drug-likeness (QED) is 0.383. The van der Waals surface area contributed by atoms with Crippen molar-refractivity contribution >= 4 is 17.3 Å². The highest BCUT2D eigenvalue weighted by atomic mass is 16.3. The fourth-order valence-electron chi connectivity index (χ4n) is 2.71. The van der Waals surface area contributed by atoms with E-state index in [2.05, 4.69) is 0 Å². The number of carbonyl (C=O) groups is 2.